The summed E-state index contributed by atoms with van der Waals surface area (Å²) in [6.07, 6.45) is 2.63. The molecule has 19 heavy (non-hydrogen) atoms. The van der Waals surface area contributed by atoms with E-state index in [0.29, 0.717) is 12.5 Å². The molecule has 106 valence electrons. The number of aryl methyl sites for hydroxylation is 1. The average molecular weight is 264 g/mol. The lowest BCUT2D eigenvalue weighted by Crippen LogP contribution is -2.25. The highest BCUT2D eigenvalue weighted by Gasteiger charge is 2.13. The van der Waals surface area contributed by atoms with E-state index in [2.05, 4.69) is 27.1 Å². The van der Waals surface area contributed by atoms with Crippen LogP contribution in [0, 0.1) is 13.8 Å². The van der Waals surface area contributed by atoms with Crippen molar-refractivity contribution in [1.82, 2.24) is 14.9 Å². The minimum atomic E-state index is 0.697. The predicted octanol–water partition coefficient (Wildman–Crippen LogP) is 2.00. The van der Waals surface area contributed by atoms with E-state index in [0.717, 1.165) is 30.3 Å². The number of nitrogens with zero attached hydrogens (tertiary/aromatic N) is 3. The third kappa shape index (κ3) is 3.80. The minimum Gasteiger partial charge on any atom is -0.476 e. The van der Waals surface area contributed by atoms with Crippen LogP contribution in [0.4, 0.5) is 5.82 Å². The number of aromatic nitrogens is 2. The average Bonchev–Trinajstić information content (AvgIpc) is 2.88. The van der Waals surface area contributed by atoms with Crippen LogP contribution in [0.15, 0.2) is 0 Å². The van der Waals surface area contributed by atoms with Gasteiger partial charge < -0.3 is 10.1 Å². The van der Waals surface area contributed by atoms with Crippen LogP contribution >= 0.6 is 0 Å². The Morgan fingerprint density at radius 1 is 1.21 bits per heavy atom. The largest absolute Gasteiger partial charge is 0.476 e. The molecule has 0 saturated carbocycles. The highest BCUT2D eigenvalue weighted by Crippen LogP contribution is 2.21. The normalized spacial score (nSPS) is 15.7. The topological polar surface area (TPSA) is 50.3 Å². The highest BCUT2D eigenvalue weighted by atomic mass is 16.5. The number of hydrogen-bond donors (Lipinski definition) is 1. The highest BCUT2D eigenvalue weighted by molar-refractivity contribution is 5.48. The summed E-state index contributed by atoms with van der Waals surface area (Å²) >= 11 is 0. The lowest BCUT2D eigenvalue weighted by Gasteiger charge is -2.16. The number of likely N-dealkylation sites (tertiary alicyclic amines) is 1. The molecule has 1 aliphatic rings. The first-order valence-electron chi connectivity index (χ1n) is 7.15. The Bertz CT molecular complexity index is 416. The van der Waals surface area contributed by atoms with Crippen molar-refractivity contribution in [1.29, 1.82) is 0 Å². The SMILES string of the molecule is CCNc1nc(C)nc(OCCN2CCCC2)c1C. The molecule has 1 aliphatic heterocycles. The van der Waals surface area contributed by atoms with Crippen LogP contribution < -0.4 is 10.1 Å². The van der Waals surface area contributed by atoms with E-state index in [9.17, 15) is 0 Å². The summed E-state index contributed by atoms with van der Waals surface area (Å²) in [7, 11) is 0. The van der Waals surface area contributed by atoms with Gasteiger partial charge in [-0.2, -0.15) is 4.98 Å². The number of rotatable bonds is 6. The third-order valence-electron chi connectivity index (χ3n) is 3.40. The standard InChI is InChI=1S/C14H24N4O/c1-4-15-13-11(2)14(17-12(3)16-13)19-10-9-18-7-5-6-8-18/h4-10H2,1-3H3,(H,15,16,17). The van der Waals surface area contributed by atoms with Gasteiger partial charge in [-0.25, -0.2) is 4.98 Å². The predicted molar refractivity (Wildman–Crippen MR) is 76.8 cm³/mol. The van der Waals surface area contributed by atoms with Gasteiger partial charge in [0, 0.05) is 13.1 Å². The van der Waals surface area contributed by atoms with Gasteiger partial charge in [0.2, 0.25) is 5.88 Å². The molecule has 2 rings (SSSR count). The lowest BCUT2D eigenvalue weighted by atomic mass is 10.3. The van der Waals surface area contributed by atoms with Crippen molar-refractivity contribution in [3.05, 3.63) is 11.4 Å². The summed E-state index contributed by atoms with van der Waals surface area (Å²) in [5.41, 5.74) is 0.994. The zero-order valence-corrected chi connectivity index (χ0v) is 12.2. The maximum Gasteiger partial charge on any atom is 0.221 e. The van der Waals surface area contributed by atoms with Gasteiger partial charge in [0.25, 0.3) is 0 Å². The molecular formula is C14H24N4O. The molecule has 1 N–H and O–H groups in total. The molecule has 0 unspecified atom stereocenters. The molecule has 5 heteroatoms. The van der Waals surface area contributed by atoms with Crippen LogP contribution in [0.3, 0.4) is 0 Å². The fourth-order valence-corrected chi connectivity index (χ4v) is 2.36. The molecule has 0 atom stereocenters. The Balaban J connectivity index is 1.94. The van der Waals surface area contributed by atoms with E-state index in [1.807, 2.05) is 13.8 Å². The molecule has 2 heterocycles. The summed E-state index contributed by atoms with van der Waals surface area (Å²) in [5, 5.41) is 3.25. The first-order chi connectivity index (χ1) is 9.20. The Labute approximate surface area is 115 Å². The molecule has 0 amide bonds. The Morgan fingerprint density at radius 2 is 1.95 bits per heavy atom. The zero-order chi connectivity index (χ0) is 13.7. The molecule has 1 aromatic heterocycles. The molecule has 0 aromatic carbocycles. The van der Waals surface area contributed by atoms with Crippen molar-refractivity contribution in [3.63, 3.8) is 0 Å². The van der Waals surface area contributed by atoms with Crippen molar-refractivity contribution in [3.8, 4) is 5.88 Å². The van der Waals surface area contributed by atoms with Crippen molar-refractivity contribution < 1.29 is 4.74 Å². The van der Waals surface area contributed by atoms with Gasteiger partial charge in [0.05, 0.1) is 5.56 Å². The van der Waals surface area contributed by atoms with Crippen LogP contribution in [-0.4, -0.2) is 47.7 Å². The van der Waals surface area contributed by atoms with E-state index in [4.69, 9.17) is 4.74 Å². The number of anilines is 1. The van der Waals surface area contributed by atoms with E-state index in [1.54, 1.807) is 0 Å². The second-order valence-corrected chi connectivity index (χ2v) is 4.98. The first-order valence-corrected chi connectivity index (χ1v) is 7.15. The maximum absolute atomic E-state index is 5.83. The molecule has 1 saturated heterocycles. The summed E-state index contributed by atoms with van der Waals surface area (Å²) in [6, 6.07) is 0. The van der Waals surface area contributed by atoms with Crippen molar-refractivity contribution in [2.24, 2.45) is 0 Å². The van der Waals surface area contributed by atoms with Gasteiger partial charge in [-0.3, -0.25) is 4.90 Å². The first kappa shape index (κ1) is 14.1. The van der Waals surface area contributed by atoms with E-state index < -0.39 is 0 Å². The van der Waals surface area contributed by atoms with E-state index >= 15 is 0 Å². The van der Waals surface area contributed by atoms with Gasteiger partial charge >= 0.3 is 0 Å². The number of hydrogen-bond acceptors (Lipinski definition) is 5. The van der Waals surface area contributed by atoms with Crippen LogP contribution in [0.25, 0.3) is 0 Å². The molecule has 0 aliphatic carbocycles. The summed E-state index contributed by atoms with van der Waals surface area (Å²) < 4.78 is 5.83. The van der Waals surface area contributed by atoms with Gasteiger partial charge in [0.1, 0.15) is 18.2 Å². The molecule has 0 radical (unpaired) electrons. The summed E-state index contributed by atoms with van der Waals surface area (Å²) in [6.45, 7) is 10.9. The minimum absolute atomic E-state index is 0.697. The number of ether oxygens (including phenoxy) is 1. The molecule has 1 fully saturated rings. The lowest BCUT2D eigenvalue weighted by molar-refractivity contribution is 0.230. The van der Waals surface area contributed by atoms with Crippen molar-refractivity contribution >= 4 is 5.82 Å². The van der Waals surface area contributed by atoms with Crippen LogP contribution in [0.5, 0.6) is 5.88 Å². The molecule has 0 bridgehead atoms. The fourth-order valence-electron chi connectivity index (χ4n) is 2.36. The maximum atomic E-state index is 5.83. The van der Waals surface area contributed by atoms with Crippen molar-refractivity contribution in [2.75, 3.05) is 38.1 Å². The van der Waals surface area contributed by atoms with Gasteiger partial charge in [-0.15, -0.1) is 0 Å². The second-order valence-electron chi connectivity index (χ2n) is 4.98. The number of nitrogens with one attached hydrogen (secondary N) is 1. The summed E-state index contributed by atoms with van der Waals surface area (Å²) in [5.74, 6) is 2.34. The Morgan fingerprint density at radius 3 is 2.63 bits per heavy atom. The molecule has 0 spiro atoms. The molecular weight excluding hydrogens is 240 g/mol. The van der Waals surface area contributed by atoms with Crippen LogP contribution in [0.1, 0.15) is 31.2 Å². The van der Waals surface area contributed by atoms with Gasteiger partial charge in [-0.1, -0.05) is 0 Å². The van der Waals surface area contributed by atoms with E-state index in [-0.39, 0.29) is 0 Å². The Hall–Kier alpha value is -1.36. The van der Waals surface area contributed by atoms with Gasteiger partial charge in [-0.05, 0) is 46.7 Å². The Kier molecular flexibility index (Phi) is 4.96. The second kappa shape index (κ2) is 6.70. The smallest absolute Gasteiger partial charge is 0.221 e. The fraction of sp³-hybridized carbons (Fsp3) is 0.714. The third-order valence-corrected chi connectivity index (χ3v) is 3.40. The van der Waals surface area contributed by atoms with Crippen LogP contribution in [0.2, 0.25) is 0 Å². The van der Waals surface area contributed by atoms with Crippen molar-refractivity contribution in [2.45, 2.75) is 33.6 Å². The monoisotopic (exact) mass is 264 g/mol. The summed E-state index contributed by atoms with van der Waals surface area (Å²) in [4.78, 5) is 11.2. The molecule has 1 aromatic rings. The molecule has 5 nitrogen and oxygen atoms in total. The quantitative estimate of drug-likeness (QED) is 0.851. The van der Waals surface area contributed by atoms with E-state index in [1.165, 1.54) is 25.9 Å². The van der Waals surface area contributed by atoms with Gasteiger partial charge in [0.15, 0.2) is 0 Å². The zero-order valence-electron chi connectivity index (χ0n) is 12.2. The van der Waals surface area contributed by atoms with Crippen LogP contribution in [-0.2, 0) is 0 Å².